The van der Waals surface area contributed by atoms with Crippen LogP contribution in [0, 0.1) is 5.92 Å². The lowest BCUT2D eigenvalue weighted by atomic mass is 9.93. The lowest BCUT2D eigenvalue weighted by Crippen LogP contribution is -2.53. The Morgan fingerprint density at radius 2 is 1.77 bits per heavy atom. The van der Waals surface area contributed by atoms with Gasteiger partial charge in [-0.25, -0.2) is 4.79 Å². The molecule has 0 aliphatic carbocycles. The summed E-state index contributed by atoms with van der Waals surface area (Å²) in [5.74, 6) is -0.0969. The van der Waals surface area contributed by atoms with E-state index >= 15 is 0 Å². The van der Waals surface area contributed by atoms with Crippen LogP contribution in [0.3, 0.4) is 0 Å². The quantitative estimate of drug-likeness (QED) is 0.800. The van der Waals surface area contributed by atoms with Gasteiger partial charge in [-0.05, 0) is 59.4 Å². The molecule has 26 heavy (non-hydrogen) atoms. The molecule has 1 atom stereocenters. The largest absolute Gasteiger partial charge is 0.480 e. The van der Waals surface area contributed by atoms with E-state index in [2.05, 4.69) is 11.8 Å². The number of nitrogens with zero attached hydrogens (tertiary/aromatic N) is 3. The number of rotatable bonds is 5. The minimum atomic E-state index is -0.748. The van der Waals surface area contributed by atoms with E-state index < -0.39 is 11.6 Å². The molecule has 2 aliphatic rings. The molecule has 0 aromatic carbocycles. The van der Waals surface area contributed by atoms with Gasteiger partial charge in [-0.2, -0.15) is 0 Å². The van der Waals surface area contributed by atoms with Gasteiger partial charge in [0.05, 0.1) is 6.54 Å². The van der Waals surface area contributed by atoms with Crippen LogP contribution in [0.4, 0.5) is 4.79 Å². The molecule has 1 unspecified atom stereocenters. The van der Waals surface area contributed by atoms with Gasteiger partial charge in [0.15, 0.2) is 0 Å². The number of carbonyl (C=O) groups excluding carboxylic acids is 1. The second-order valence-corrected chi connectivity index (χ2v) is 8.71. The van der Waals surface area contributed by atoms with Gasteiger partial charge in [-0.1, -0.05) is 0 Å². The summed E-state index contributed by atoms with van der Waals surface area (Å²) in [4.78, 5) is 29.3. The highest BCUT2D eigenvalue weighted by atomic mass is 16.6. The Kier molecular flexibility index (Phi) is 7.29. The summed E-state index contributed by atoms with van der Waals surface area (Å²) >= 11 is 0. The molecule has 0 aromatic rings. The van der Waals surface area contributed by atoms with Crippen LogP contribution in [0.2, 0.25) is 0 Å². The van der Waals surface area contributed by atoms with Crippen molar-refractivity contribution in [2.24, 2.45) is 5.92 Å². The molecule has 7 heteroatoms. The minimum absolute atomic E-state index is 0.140. The van der Waals surface area contributed by atoms with Crippen molar-refractivity contribution >= 4 is 12.1 Å². The van der Waals surface area contributed by atoms with E-state index in [0.717, 1.165) is 58.5 Å². The van der Waals surface area contributed by atoms with Crippen LogP contribution in [-0.4, -0.2) is 89.3 Å². The molecule has 0 radical (unpaired) electrons. The van der Waals surface area contributed by atoms with E-state index in [9.17, 15) is 9.59 Å². The van der Waals surface area contributed by atoms with Crippen LogP contribution in [-0.2, 0) is 9.53 Å². The third-order valence-corrected chi connectivity index (χ3v) is 5.30. The minimum Gasteiger partial charge on any atom is -0.480 e. The van der Waals surface area contributed by atoms with Crippen molar-refractivity contribution in [1.82, 2.24) is 14.7 Å². The summed E-state index contributed by atoms with van der Waals surface area (Å²) in [5.41, 5.74) is -0.438. The maximum Gasteiger partial charge on any atom is 0.410 e. The van der Waals surface area contributed by atoms with Crippen LogP contribution < -0.4 is 0 Å². The number of carboxylic acids is 1. The fraction of sp³-hybridized carbons (Fsp3) is 0.895. The average Bonchev–Trinajstić information content (AvgIpc) is 2.52. The Balaban J connectivity index is 1.67. The normalized spacial score (nSPS) is 23.8. The van der Waals surface area contributed by atoms with Gasteiger partial charge in [0.25, 0.3) is 0 Å². The lowest BCUT2D eigenvalue weighted by molar-refractivity contribution is -0.139. The van der Waals surface area contributed by atoms with Gasteiger partial charge in [0, 0.05) is 38.8 Å². The van der Waals surface area contributed by atoms with Crippen LogP contribution in [0.5, 0.6) is 0 Å². The number of carbonyl (C=O) groups is 2. The van der Waals surface area contributed by atoms with Crippen LogP contribution in [0.15, 0.2) is 0 Å². The first-order valence-electron chi connectivity index (χ1n) is 9.80. The zero-order valence-corrected chi connectivity index (χ0v) is 16.7. The monoisotopic (exact) mass is 369 g/mol. The highest BCUT2D eigenvalue weighted by molar-refractivity contribution is 5.69. The smallest absolute Gasteiger partial charge is 0.410 e. The molecule has 0 saturated carbocycles. The Morgan fingerprint density at radius 1 is 1.12 bits per heavy atom. The molecule has 2 saturated heterocycles. The van der Waals surface area contributed by atoms with E-state index in [4.69, 9.17) is 9.84 Å². The second kappa shape index (κ2) is 9.04. The Bertz CT molecular complexity index is 484. The summed E-state index contributed by atoms with van der Waals surface area (Å²) in [6.07, 6.45) is 3.02. The van der Waals surface area contributed by atoms with Crippen molar-refractivity contribution in [3.63, 3.8) is 0 Å². The summed E-state index contributed by atoms with van der Waals surface area (Å²) in [5, 5.41) is 8.92. The molecule has 1 N–H and O–H groups in total. The first-order chi connectivity index (χ1) is 12.1. The second-order valence-electron chi connectivity index (χ2n) is 8.71. The molecule has 2 rings (SSSR count). The maximum atomic E-state index is 12.1. The standard InChI is InChI=1S/C19H35N3O4/c1-15-13-20(14-17(23)24)11-12-21(15)8-5-16-6-9-22(10-7-16)18(25)26-19(2,3)4/h15-16H,5-14H2,1-4H3,(H,23,24). The predicted molar refractivity (Wildman–Crippen MR) is 100 cm³/mol. The first-order valence-corrected chi connectivity index (χ1v) is 9.80. The zero-order chi connectivity index (χ0) is 19.3. The number of likely N-dealkylation sites (tertiary alicyclic amines) is 1. The fourth-order valence-corrected chi connectivity index (χ4v) is 3.82. The number of piperidine rings is 1. The van der Waals surface area contributed by atoms with E-state index in [-0.39, 0.29) is 12.6 Å². The third-order valence-electron chi connectivity index (χ3n) is 5.30. The molecule has 2 aliphatic heterocycles. The zero-order valence-electron chi connectivity index (χ0n) is 16.7. The van der Waals surface area contributed by atoms with Gasteiger partial charge >= 0.3 is 12.1 Å². The number of carboxylic acid groups (broad SMARTS) is 1. The highest BCUT2D eigenvalue weighted by Crippen LogP contribution is 2.23. The van der Waals surface area contributed by atoms with Crippen molar-refractivity contribution in [2.45, 2.75) is 58.6 Å². The topological polar surface area (TPSA) is 73.3 Å². The van der Waals surface area contributed by atoms with Crippen molar-refractivity contribution in [3.05, 3.63) is 0 Å². The molecule has 0 bridgehead atoms. The Labute approximate surface area is 157 Å². The van der Waals surface area contributed by atoms with Gasteiger partial charge in [-0.15, -0.1) is 0 Å². The number of aliphatic carboxylic acids is 1. The van der Waals surface area contributed by atoms with Gasteiger partial charge < -0.3 is 14.7 Å². The number of piperazine rings is 1. The summed E-state index contributed by atoms with van der Waals surface area (Å²) in [6, 6.07) is 0.393. The molecule has 2 fully saturated rings. The maximum absolute atomic E-state index is 12.1. The molecule has 7 nitrogen and oxygen atoms in total. The Morgan fingerprint density at radius 3 is 2.31 bits per heavy atom. The molecule has 2 heterocycles. The van der Waals surface area contributed by atoms with Crippen molar-refractivity contribution < 1.29 is 19.4 Å². The van der Waals surface area contributed by atoms with Crippen LogP contribution in [0.25, 0.3) is 0 Å². The van der Waals surface area contributed by atoms with Gasteiger partial charge in [0.1, 0.15) is 5.60 Å². The fourth-order valence-electron chi connectivity index (χ4n) is 3.82. The number of hydrogen-bond donors (Lipinski definition) is 1. The van der Waals surface area contributed by atoms with E-state index in [1.807, 2.05) is 30.6 Å². The SMILES string of the molecule is CC1CN(CC(=O)O)CCN1CCC1CCN(C(=O)OC(C)(C)C)CC1. The predicted octanol–water partition coefficient (Wildman–Crippen LogP) is 2.11. The molecular formula is C19H35N3O4. The molecule has 0 aromatic heterocycles. The number of hydrogen-bond acceptors (Lipinski definition) is 5. The van der Waals surface area contributed by atoms with Crippen LogP contribution >= 0.6 is 0 Å². The van der Waals surface area contributed by atoms with Crippen molar-refractivity contribution in [3.8, 4) is 0 Å². The molecule has 1 amide bonds. The molecule has 0 spiro atoms. The summed E-state index contributed by atoms with van der Waals surface area (Å²) in [7, 11) is 0. The van der Waals surface area contributed by atoms with Crippen LogP contribution in [0.1, 0.15) is 47.0 Å². The molecular weight excluding hydrogens is 334 g/mol. The number of amides is 1. The van der Waals surface area contributed by atoms with Gasteiger partial charge in [0.2, 0.25) is 0 Å². The lowest BCUT2D eigenvalue weighted by Gasteiger charge is -2.40. The Hall–Kier alpha value is -1.34. The highest BCUT2D eigenvalue weighted by Gasteiger charge is 2.28. The van der Waals surface area contributed by atoms with Gasteiger partial charge in [-0.3, -0.25) is 14.6 Å². The van der Waals surface area contributed by atoms with Crippen molar-refractivity contribution in [1.29, 1.82) is 0 Å². The van der Waals surface area contributed by atoms with Crippen molar-refractivity contribution in [2.75, 3.05) is 45.8 Å². The summed E-state index contributed by atoms with van der Waals surface area (Å²) in [6.45, 7) is 13.2. The molecule has 150 valence electrons. The first kappa shape index (κ1) is 21.0. The summed E-state index contributed by atoms with van der Waals surface area (Å²) < 4.78 is 5.45. The van der Waals surface area contributed by atoms with E-state index in [1.165, 1.54) is 0 Å². The van der Waals surface area contributed by atoms with E-state index in [1.54, 1.807) is 0 Å². The van der Waals surface area contributed by atoms with E-state index in [0.29, 0.717) is 12.0 Å². The number of ether oxygens (including phenoxy) is 1. The third kappa shape index (κ3) is 6.76. The average molecular weight is 370 g/mol.